The molecule has 1 aromatic carbocycles. The van der Waals surface area contributed by atoms with Gasteiger partial charge in [0.25, 0.3) is 0 Å². The molecule has 1 aromatic rings. The number of morpholine rings is 1. The van der Waals surface area contributed by atoms with E-state index in [9.17, 15) is 25.0 Å². The normalized spacial score (nSPS) is 17.1. The molecule has 1 aliphatic heterocycles. The van der Waals surface area contributed by atoms with Gasteiger partial charge >= 0.3 is 11.4 Å². The molecule has 0 aromatic heterocycles. The van der Waals surface area contributed by atoms with Crippen molar-refractivity contribution >= 4 is 17.7 Å². The Morgan fingerprint density at radius 2 is 1.76 bits per heavy atom. The van der Waals surface area contributed by atoms with Crippen LogP contribution in [0.2, 0.25) is 0 Å². The van der Waals surface area contributed by atoms with Crippen molar-refractivity contribution in [1.82, 2.24) is 4.90 Å². The van der Waals surface area contributed by atoms with E-state index in [1.807, 2.05) is 4.90 Å². The zero-order chi connectivity index (χ0) is 15.4. The summed E-state index contributed by atoms with van der Waals surface area (Å²) in [6.07, 6.45) is 0.677. The Hall–Kier alpha value is -2.39. The van der Waals surface area contributed by atoms with Gasteiger partial charge in [0.1, 0.15) is 6.29 Å². The lowest BCUT2D eigenvalue weighted by molar-refractivity contribution is -0.422. The van der Waals surface area contributed by atoms with E-state index >= 15 is 0 Å². The van der Waals surface area contributed by atoms with E-state index in [1.165, 1.54) is 6.07 Å². The molecule has 0 N–H and O–H groups in total. The van der Waals surface area contributed by atoms with Crippen molar-refractivity contribution in [1.29, 1.82) is 0 Å². The van der Waals surface area contributed by atoms with Crippen LogP contribution in [-0.2, 0) is 9.53 Å². The molecule has 1 fully saturated rings. The summed E-state index contributed by atoms with van der Waals surface area (Å²) in [6, 6.07) is 2.85. The van der Waals surface area contributed by atoms with Gasteiger partial charge in [-0.2, -0.15) is 0 Å². The van der Waals surface area contributed by atoms with Gasteiger partial charge in [-0.25, -0.2) is 0 Å². The second-order valence-corrected chi connectivity index (χ2v) is 4.49. The van der Waals surface area contributed by atoms with E-state index in [2.05, 4.69) is 0 Å². The number of carbonyl (C=O) groups is 1. The zero-order valence-electron chi connectivity index (χ0n) is 11.0. The van der Waals surface area contributed by atoms with E-state index in [-0.39, 0.29) is 0 Å². The molecule has 112 valence electrons. The summed E-state index contributed by atoms with van der Waals surface area (Å²) in [5.74, 6) is 0. The number of nitrogens with zero attached hydrogens (tertiary/aromatic N) is 3. The quantitative estimate of drug-likeness (QED) is 0.453. The van der Waals surface area contributed by atoms with Crippen molar-refractivity contribution in [2.45, 2.75) is 6.04 Å². The molecule has 1 aliphatic rings. The predicted molar refractivity (Wildman–Crippen MR) is 70.9 cm³/mol. The highest BCUT2D eigenvalue weighted by atomic mass is 16.6. The van der Waals surface area contributed by atoms with Gasteiger partial charge in [-0.15, -0.1) is 0 Å². The monoisotopic (exact) mass is 295 g/mol. The van der Waals surface area contributed by atoms with Crippen LogP contribution in [0.5, 0.6) is 0 Å². The summed E-state index contributed by atoms with van der Waals surface area (Å²) >= 11 is 0. The lowest BCUT2D eigenvalue weighted by atomic mass is 10.0. The molecule has 0 spiro atoms. The number of ether oxygens (including phenoxy) is 1. The van der Waals surface area contributed by atoms with Crippen molar-refractivity contribution in [2.75, 3.05) is 26.3 Å². The zero-order valence-corrected chi connectivity index (χ0v) is 11.0. The van der Waals surface area contributed by atoms with Crippen LogP contribution in [0, 0.1) is 20.2 Å². The highest BCUT2D eigenvalue weighted by molar-refractivity contribution is 5.65. The first-order chi connectivity index (χ1) is 10.0. The summed E-state index contributed by atoms with van der Waals surface area (Å²) in [5.41, 5.74) is -0.836. The maximum atomic E-state index is 11.3. The van der Waals surface area contributed by atoms with Gasteiger partial charge in [-0.3, -0.25) is 25.1 Å². The minimum atomic E-state index is -0.817. The van der Waals surface area contributed by atoms with Crippen molar-refractivity contribution in [2.24, 2.45) is 0 Å². The summed E-state index contributed by atoms with van der Waals surface area (Å²) in [7, 11) is 0. The molecule has 1 unspecified atom stereocenters. The molecule has 2 rings (SSSR count). The maximum absolute atomic E-state index is 11.3. The molecule has 21 heavy (non-hydrogen) atoms. The second-order valence-electron chi connectivity index (χ2n) is 4.49. The molecule has 0 amide bonds. The van der Waals surface area contributed by atoms with E-state index < -0.39 is 27.3 Å². The van der Waals surface area contributed by atoms with E-state index in [0.29, 0.717) is 38.2 Å². The number of nitro groups is 2. The molecular formula is C12H13N3O6. The highest BCUT2D eigenvalue weighted by Gasteiger charge is 2.28. The second kappa shape index (κ2) is 6.37. The van der Waals surface area contributed by atoms with E-state index in [0.717, 1.165) is 12.1 Å². The number of carbonyl (C=O) groups excluding carboxylic acids is 1. The molecule has 0 bridgehead atoms. The SMILES string of the molecule is O=CC(c1ccc([N+](=O)[O-])c([N+](=O)[O-])c1)N1CCOCC1. The van der Waals surface area contributed by atoms with Gasteiger partial charge in [-0.05, 0) is 11.6 Å². The average molecular weight is 295 g/mol. The lowest BCUT2D eigenvalue weighted by Gasteiger charge is -2.31. The van der Waals surface area contributed by atoms with Gasteiger partial charge in [-0.1, -0.05) is 0 Å². The lowest BCUT2D eigenvalue weighted by Crippen LogP contribution is -2.39. The molecule has 1 saturated heterocycles. The highest BCUT2D eigenvalue weighted by Crippen LogP contribution is 2.31. The van der Waals surface area contributed by atoms with Crippen LogP contribution < -0.4 is 0 Å². The number of aldehydes is 1. The van der Waals surface area contributed by atoms with E-state index in [4.69, 9.17) is 4.74 Å². The molecule has 0 aliphatic carbocycles. The van der Waals surface area contributed by atoms with Crippen molar-refractivity contribution in [3.8, 4) is 0 Å². The van der Waals surface area contributed by atoms with Crippen LogP contribution in [0.15, 0.2) is 18.2 Å². The summed E-state index contributed by atoms with van der Waals surface area (Å²) in [5, 5.41) is 21.7. The van der Waals surface area contributed by atoms with Crippen LogP contribution in [0.1, 0.15) is 11.6 Å². The Balaban J connectivity index is 2.37. The molecule has 1 atom stereocenters. The first-order valence-corrected chi connectivity index (χ1v) is 6.24. The minimum Gasteiger partial charge on any atom is -0.379 e. The Kier molecular flexibility index (Phi) is 4.55. The third-order valence-electron chi connectivity index (χ3n) is 3.30. The topological polar surface area (TPSA) is 116 Å². The van der Waals surface area contributed by atoms with Crippen LogP contribution >= 0.6 is 0 Å². The fourth-order valence-electron chi connectivity index (χ4n) is 2.26. The van der Waals surface area contributed by atoms with Crippen LogP contribution in [0.3, 0.4) is 0 Å². The molecule has 9 heteroatoms. The fraction of sp³-hybridized carbons (Fsp3) is 0.417. The van der Waals surface area contributed by atoms with Crippen molar-refractivity contribution < 1.29 is 19.4 Å². The summed E-state index contributed by atoms with van der Waals surface area (Å²) < 4.78 is 5.19. The number of nitro benzene ring substituents is 2. The first kappa shape index (κ1) is 15.0. The number of hydrogen-bond donors (Lipinski definition) is 0. The van der Waals surface area contributed by atoms with Gasteiger partial charge in [0.05, 0.1) is 29.1 Å². The van der Waals surface area contributed by atoms with Crippen LogP contribution in [0.4, 0.5) is 11.4 Å². The van der Waals surface area contributed by atoms with Gasteiger partial charge < -0.3 is 9.53 Å². The molecule has 0 saturated carbocycles. The van der Waals surface area contributed by atoms with Gasteiger partial charge in [0.15, 0.2) is 0 Å². The smallest absolute Gasteiger partial charge is 0.346 e. The Morgan fingerprint density at radius 3 is 2.29 bits per heavy atom. The Bertz CT molecular complexity index is 570. The third kappa shape index (κ3) is 3.20. The number of benzene rings is 1. The average Bonchev–Trinajstić information content (AvgIpc) is 2.48. The number of rotatable bonds is 5. The largest absolute Gasteiger partial charge is 0.379 e. The first-order valence-electron chi connectivity index (χ1n) is 6.24. The standard InChI is InChI=1S/C12H13N3O6/c16-8-12(13-3-5-21-6-4-13)9-1-2-10(14(17)18)11(7-9)15(19)20/h1-2,7-8,12H,3-6H2. The van der Waals surface area contributed by atoms with E-state index in [1.54, 1.807) is 0 Å². The Morgan fingerprint density at radius 1 is 1.14 bits per heavy atom. The molecular weight excluding hydrogens is 282 g/mol. The van der Waals surface area contributed by atoms with Crippen molar-refractivity contribution in [3.63, 3.8) is 0 Å². The minimum absolute atomic E-state index is 0.365. The maximum Gasteiger partial charge on any atom is 0.346 e. The van der Waals surface area contributed by atoms with Crippen LogP contribution in [0.25, 0.3) is 0 Å². The van der Waals surface area contributed by atoms with Crippen molar-refractivity contribution in [3.05, 3.63) is 44.0 Å². The van der Waals surface area contributed by atoms with Crippen LogP contribution in [-0.4, -0.2) is 47.3 Å². The molecule has 0 radical (unpaired) electrons. The summed E-state index contributed by atoms with van der Waals surface area (Å²) in [6.45, 7) is 1.99. The number of hydrogen-bond acceptors (Lipinski definition) is 7. The molecule has 9 nitrogen and oxygen atoms in total. The van der Waals surface area contributed by atoms with Gasteiger partial charge in [0.2, 0.25) is 0 Å². The fourth-order valence-corrected chi connectivity index (χ4v) is 2.26. The Labute approximate surface area is 119 Å². The predicted octanol–water partition coefficient (Wildman–Crippen LogP) is 1.08. The van der Waals surface area contributed by atoms with Gasteiger partial charge in [0, 0.05) is 25.2 Å². The molecule has 1 heterocycles. The third-order valence-corrected chi connectivity index (χ3v) is 3.30. The summed E-state index contributed by atoms with van der Waals surface area (Å²) in [4.78, 5) is 33.2.